The number of aromatic nitrogens is 2. The van der Waals surface area contributed by atoms with Gasteiger partial charge in [-0.05, 0) is 44.4 Å². The van der Waals surface area contributed by atoms with Crippen LogP contribution in [0, 0.1) is 6.92 Å². The average molecular weight is 445 g/mol. The molecule has 3 aromatic rings. The number of benzene rings is 1. The van der Waals surface area contributed by atoms with Crippen LogP contribution in [0.15, 0.2) is 30.3 Å². The molecule has 1 aromatic carbocycles. The van der Waals surface area contributed by atoms with Gasteiger partial charge in [0.15, 0.2) is 0 Å². The van der Waals surface area contributed by atoms with Crippen LogP contribution >= 0.6 is 22.9 Å². The molecule has 1 fully saturated rings. The molecule has 8 heteroatoms. The van der Waals surface area contributed by atoms with Crippen LogP contribution in [0.1, 0.15) is 48.0 Å². The van der Waals surface area contributed by atoms with E-state index in [0.29, 0.717) is 29.4 Å². The number of para-hydroxylation sites is 1. The fourth-order valence-electron chi connectivity index (χ4n) is 3.90. The quantitative estimate of drug-likeness (QED) is 0.626. The van der Waals surface area contributed by atoms with Crippen LogP contribution in [-0.2, 0) is 4.79 Å². The standard InChI is InChI=1S/C22H25ClN4O2S/c1-3-7-20(28)24-15-8-6-11-26(13-15)21(29)19-12-16-14(2)25-27(22(16)30-19)18-10-5-4-9-17(18)23/h4-5,9-10,12,15H,3,6-8,11,13H2,1-2H3,(H,24,28). The minimum absolute atomic E-state index is 0.00995. The minimum Gasteiger partial charge on any atom is -0.352 e. The summed E-state index contributed by atoms with van der Waals surface area (Å²) in [4.78, 5) is 28.6. The van der Waals surface area contributed by atoms with Gasteiger partial charge in [0.1, 0.15) is 4.83 Å². The topological polar surface area (TPSA) is 67.2 Å². The van der Waals surface area contributed by atoms with Crippen molar-refractivity contribution in [3.05, 3.63) is 45.9 Å². The first-order chi connectivity index (χ1) is 14.5. The molecule has 1 aliphatic rings. The molecule has 1 atom stereocenters. The Labute approximate surface area is 184 Å². The maximum absolute atomic E-state index is 13.2. The lowest BCUT2D eigenvalue weighted by atomic mass is 10.1. The normalized spacial score (nSPS) is 16.8. The van der Waals surface area contributed by atoms with Crippen LogP contribution in [0.4, 0.5) is 0 Å². The van der Waals surface area contributed by atoms with Crippen molar-refractivity contribution in [1.29, 1.82) is 0 Å². The maximum atomic E-state index is 13.2. The molecule has 0 spiro atoms. The molecule has 2 aromatic heterocycles. The van der Waals surface area contributed by atoms with Gasteiger partial charge in [0.05, 0.1) is 21.3 Å². The highest BCUT2D eigenvalue weighted by Gasteiger charge is 2.27. The van der Waals surface area contributed by atoms with E-state index in [4.69, 9.17) is 11.6 Å². The summed E-state index contributed by atoms with van der Waals surface area (Å²) >= 11 is 7.81. The van der Waals surface area contributed by atoms with Gasteiger partial charge in [-0.1, -0.05) is 30.7 Å². The van der Waals surface area contributed by atoms with Crippen molar-refractivity contribution >= 4 is 45.0 Å². The van der Waals surface area contributed by atoms with Gasteiger partial charge < -0.3 is 10.2 Å². The zero-order chi connectivity index (χ0) is 21.3. The van der Waals surface area contributed by atoms with E-state index in [-0.39, 0.29) is 17.9 Å². The number of carbonyl (C=O) groups excluding carboxylic acids is 2. The molecule has 1 aliphatic heterocycles. The van der Waals surface area contributed by atoms with Gasteiger partial charge in [0.2, 0.25) is 5.91 Å². The first-order valence-electron chi connectivity index (χ1n) is 10.3. The van der Waals surface area contributed by atoms with Crippen molar-refractivity contribution in [3.63, 3.8) is 0 Å². The molecule has 30 heavy (non-hydrogen) atoms. The monoisotopic (exact) mass is 444 g/mol. The van der Waals surface area contributed by atoms with Crippen molar-refractivity contribution in [2.45, 2.75) is 45.6 Å². The zero-order valence-electron chi connectivity index (χ0n) is 17.2. The number of piperidine rings is 1. The van der Waals surface area contributed by atoms with E-state index in [0.717, 1.165) is 40.9 Å². The van der Waals surface area contributed by atoms with Gasteiger partial charge in [-0.15, -0.1) is 11.3 Å². The molecule has 2 amide bonds. The van der Waals surface area contributed by atoms with Crippen LogP contribution < -0.4 is 5.32 Å². The molecular formula is C22H25ClN4O2S. The predicted molar refractivity (Wildman–Crippen MR) is 121 cm³/mol. The number of hydrogen-bond acceptors (Lipinski definition) is 4. The Morgan fingerprint density at radius 2 is 2.13 bits per heavy atom. The molecule has 6 nitrogen and oxygen atoms in total. The summed E-state index contributed by atoms with van der Waals surface area (Å²) in [5.74, 6) is 0.0740. The van der Waals surface area contributed by atoms with Crippen molar-refractivity contribution in [1.82, 2.24) is 20.0 Å². The van der Waals surface area contributed by atoms with E-state index in [9.17, 15) is 9.59 Å². The second-order valence-electron chi connectivity index (χ2n) is 7.69. The SMILES string of the molecule is CCCC(=O)NC1CCCN(C(=O)c2cc3c(C)nn(-c4ccccc4Cl)c3s2)C1. The Kier molecular flexibility index (Phi) is 6.11. The number of amides is 2. The van der Waals surface area contributed by atoms with Gasteiger partial charge in [-0.3, -0.25) is 9.59 Å². The molecule has 4 rings (SSSR count). The number of halogens is 1. The second kappa shape index (κ2) is 8.78. The lowest BCUT2D eigenvalue weighted by molar-refractivity contribution is -0.122. The summed E-state index contributed by atoms with van der Waals surface area (Å²) in [6.07, 6.45) is 3.15. The third kappa shape index (κ3) is 4.09. The first kappa shape index (κ1) is 20.9. The highest BCUT2D eigenvalue weighted by Crippen LogP contribution is 2.33. The Balaban J connectivity index is 1.58. The number of hydrogen-bond donors (Lipinski definition) is 1. The van der Waals surface area contributed by atoms with Crippen molar-refractivity contribution in [2.75, 3.05) is 13.1 Å². The molecule has 0 saturated carbocycles. The largest absolute Gasteiger partial charge is 0.352 e. The number of nitrogens with one attached hydrogen (secondary N) is 1. The fraction of sp³-hybridized carbons (Fsp3) is 0.409. The van der Waals surface area contributed by atoms with E-state index in [1.54, 1.807) is 0 Å². The first-order valence-corrected chi connectivity index (χ1v) is 11.5. The third-order valence-electron chi connectivity index (χ3n) is 5.39. The second-order valence-corrected chi connectivity index (χ2v) is 9.12. The molecule has 3 heterocycles. The van der Waals surface area contributed by atoms with Crippen LogP contribution in [-0.4, -0.2) is 45.6 Å². The van der Waals surface area contributed by atoms with E-state index in [2.05, 4.69) is 10.4 Å². The summed E-state index contributed by atoms with van der Waals surface area (Å²) < 4.78 is 1.82. The Morgan fingerprint density at radius 3 is 2.90 bits per heavy atom. The molecule has 0 aliphatic carbocycles. The van der Waals surface area contributed by atoms with Crippen molar-refractivity contribution < 1.29 is 9.59 Å². The summed E-state index contributed by atoms with van der Waals surface area (Å²) in [7, 11) is 0. The summed E-state index contributed by atoms with van der Waals surface area (Å²) in [5.41, 5.74) is 1.67. The summed E-state index contributed by atoms with van der Waals surface area (Å²) in [6, 6.07) is 9.51. The number of fused-ring (bicyclic) bond motifs is 1. The molecule has 158 valence electrons. The van der Waals surface area contributed by atoms with Gasteiger partial charge in [-0.2, -0.15) is 5.10 Å². The average Bonchev–Trinajstić information content (AvgIpc) is 3.29. The highest BCUT2D eigenvalue weighted by molar-refractivity contribution is 7.20. The Hall–Kier alpha value is -2.38. The third-order valence-corrected chi connectivity index (χ3v) is 6.81. The number of likely N-dealkylation sites (tertiary alicyclic amines) is 1. The predicted octanol–water partition coefficient (Wildman–Crippen LogP) is 4.57. The van der Waals surface area contributed by atoms with Crippen molar-refractivity contribution in [3.8, 4) is 5.69 Å². The lowest BCUT2D eigenvalue weighted by Gasteiger charge is -2.33. The van der Waals surface area contributed by atoms with Gasteiger partial charge in [0.25, 0.3) is 5.91 Å². The highest BCUT2D eigenvalue weighted by atomic mass is 35.5. The molecule has 1 saturated heterocycles. The van der Waals surface area contributed by atoms with E-state index in [1.165, 1.54) is 11.3 Å². The van der Waals surface area contributed by atoms with E-state index in [1.807, 2.05) is 53.8 Å². The van der Waals surface area contributed by atoms with Gasteiger partial charge >= 0.3 is 0 Å². The smallest absolute Gasteiger partial charge is 0.264 e. The number of thiophene rings is 1. The molecule has 0 bridgehead atoms. The molecule has 1 N–H and O–H groups in total. The fourth-order valence-corrected chi connectivity index (χ4v) is 5.26. The Morgan fingerprint density at radius 1 is 1.33 bits per heavy atom. The summed E-state index contributed by atoms with van der Waals surface area (Å²) in [5, 5.41) is 9.27. The minimum atomic E-state index is 0.00995. The van der Waals surface area contributed by atoms with Crippen LogP contribution in [0.5, 0.6) is 0 Å². The number of nitrogens with zero attached hydrogens (tertiary/aromatic N) is 3. The number of carbonyl (C=O) groups is 2. The molecular weight excluding hydrogens is 420 g/mol. The van der Waals surface area contributed by atoms with Crippen molar-refractivity contribution in [2.24, 2.45) is 0 Å². The maximum Gasteiger partial charge on any atom is 0.264 e. The van der Waals surface area contributed by atoms with Crippen LogP contribution in [0.3, 0.4) is 0 Å². The molecule has 1 unspecified atom stereocenters. The zero-order valence-corrected chi connectivity index (χ0v) is 18.7. The van der Waals surface area contributed by atoms with Gasteiger partial charge in [0, 0.05) is 30.9 Å². The number of rotatable bonds is 5. The van der Waals surface area contributed by atoms with E-state index >= 15 is 0 Å². The van der Waals surface area contributed by atoms with E-state index < -0.39 is 0 Å². The van der Waals surface area contributed by atoms with Crippen LogP contribution in [0.25, 0.3) is 15.9 Å². The van der Waals surface area contributed by atoms with Crippen LogP contribution in [0.2, 0.25) is 5.02 Å². The summed E-state index contributed by atoms with van der Waals surface area (Å²) in [6.45, 7) is 5.20. The molecule has 0 radical (unpaired) electrons. The Bertz CT molecular complexity index is 1090. The lowest BCUT2D eigenvalue weighted by Crippen LogP contribution is -2.49. The van der Waals surface area contributed by atoms with Gasteiger partial charge in [-0.25, -0.2) is 4.68 Å². The number of aryl methyl sites for hydroxylation is 1.